The van der Waals surface area contributed by atoms with Gasteiger partial charge < -0.3 is 20.3 Å². The number of hydrogen-bond donors (Lipinski definition) is 2. The molecule has 3 amide bonds. The summed E-state index contributed by atoms with van der Waals surface area (Å²) in [5, 5.41) is 7.99. The minimum absolute atomic E-state index is 0.0392. The van der Waals surface area contributed by atoms with Gasteiger partial charge in [0.25, 0.3) is 11.8 Å². The number of morpholine rings is 1. The highest BCUT2D eigenvalue weighted by Gasteiger charge is 2.29. The Morgan fingerprint density at radius 2 is 1.92 bits per heavy atom. The zero-order valence-corrected chi connectivity index (χ0v) is 20.6. The van der Waals surface area contributed by atoms with Gasteiger partial charge in [-0.1, -0.05) is 24.3 Å². The van der Waals surface area contributed by atoms with Gasteiger partial charge in [-0.05, 0) is 34.9 Å². The van der Waals surface area contributed by atoms with E-state index in [1.807, 2.05) is 36.4 Å². The fraction of sp³-hybridized carbons (Fsp3) is 0.308. The van der Waals surface area contributed by atoms with Crippen molar-refractivity contribution in [1.82, 2.24) is 20.1 Å². The summed E-state index contributed by atoms with van der Waals surface area (Å²) < 4.78 is 5.36. The number of thiazole rings is 1. The zero-order chi connectivity index (χ0) is 24.9. The predicted octanol–water partition coefficient (Wildman–Crippen LogP) is 2.47. The minimum atomic E-state index is -0.279. The summed E-state index contributed by atoms with van der Waals surface area (Å²) in [7, 11) is 0. The highest BCUT2D eigenvalue weighted by molar-refractivity contribution is 7.13. The van der Waals surface area contributed by atoms with Crippen LogP contribution in [-0.2, 0) is 16.1 Å². The first kappa shape index (κ1) is 24.1. The van der Waals surface area contributed by atoms with Crippen LogP contribution in [0.1, 0.15) is 26.3 Å². The lowest BCUT2D eigenvalue weighted by Gasteiger charge is -2.26. The lowest BCUT2D eigenvalue weighted by atomic mass is 9.99. The second-order valence-corrected chi connectivity index (χ2v) is 9.60. The van der Waals surface area contributed by atoms with Crippen LogP contribution in [0.25, 0.3) is 11.1 Å². The molecular weight excluding hydrogens is 478 g/mol. The van der Waals surface area contributed by atoms with Crippen LogP contribution in [-0.4, -0.2) is 78.4 Å². The number of anilines is 1. The van der Waals surface area contributed by atoms with Crippen LogP contribution in [0.5, 0.6) is 0 Å². The van der Waals surface area contributed by atoms with E-state index < -0.39 is 0 Å². The van der Waals surface area contributed by atoms with Crippen LogP contribution < -0.4 is 10.6 Å². The first-order valence-corrected chi connectivity index (χ1v) is 12.7. The highest BCUT2D eigenvalue weighted by Crippen LogP contribution is 2.29. The number of hydrogen-bond acceptors (Lipinski definition) is 7. The molecule has 10 heteroatoms. The summed E-state index contributed by atoms with van der Waals surface area (Å²) in [6.45, 7) is 4.94. The predicted molar refractivity (Wildman–Crippen MR) is 137 cm³/mol. The highest BCUT2D eigenvalue weighted by atomic mass is 32.1. The summed E-state index contributed by atoms with van der Waals surface area (Å²) in [4.78, 5) is 45.9. The maximum Gasteiger partial charge on any atom is 0.254 e. The smallest absolute Gasteiger partial charge is 0.254 e. The number of nitrogens with zero attached hydrogens (tertiary/aromatic N) is 3. The average Bonchev–Trinajstić information content (AvgIpc) is 3.52. The van der Waals surface area contributed by atoms with Crippen molar-refractivity contribution in [1.29, 1.82) is 0 Å². The first-order chi connectivity index (χ1) is 17.6. The van der Waals surface area contributed by atoms with Crippen LogP contribution in [0.3, 0.4) is 0 Å². The van der Waals surface area contributed by atoms with Gasteiger partial charge >= 0.3 is 0 Å². The van der Waals surface area contributed by atoms with Crippen molar-refractivity contribution in [2.45, 2.75) is 6.54 Å². The van der Waals surface area contributed by atoms with Crippen molar-refractivity contribution >= 4 is 34.2 Å². The number of aromatic nitrogens is 1. The summed E-state index contributed by atoms with van der Waals surface area (Å²) in [6.07, 6.45) is 1.61. The van der Waals surface area contributed by atoms with Gasteiger partial charge in [0.2, 0.25) is 5.91 Å². The van der Waals surface area contributed by atoms with E-state index in [-0.39, 0.29) is 24.3 Å². The molecule has 0 radical (unpaired) electrons. The van der Waals surface area contributed by atoms with E-state index in [1.54, 1.807) is 17.6 Å². The summed E-state index contributed by atoms with van der Waals surface area (Å²) in [6, 6.07) is 13.1. The molecule has 0 unspecified atom stereocenters. The number of amides is 3. The van der Waals surface area contributed by atoms with Crippen LogP contribution in [0.2, 0.25) is 0 Å². The van der Waals surface area contributed by atoms with Crippen molar-refractivity contribution in [2.24, 2.45) is 0 Å². The van der Waals surface area contributed by atoms with E-state index in [4.69, 9.17) is 4.74 Å². The van der Waals surface area contributed by atoms with Crippen LogP contribution >= 0.6 is 11.3 Å². The second-order valence-electron chi connectivity index (χ2n) is 8.71. The minimum Gasteiger partial charge on any atom is -0.379 e. The SMILES string of the molecule is O=C(CN1Cc2ccc(-c3cccc(C(=O)NCCN4CCOCC4)c3)cc2C1=O)Nc1nccs1. The van der Waals surface area contributed by atoms with E-state index in [0.29, 0.717) is 29.3 Å². The third-order valence-electron chi connectivity index (χ3n) is 6.28. The Hall–Kier alpha value is -3.60. The number of rotatable bonds is 8. The molecule has 0 bridgehead atoms. The summed E-state index contributed by atoms with van der Waals surface area (Å²) >= 11 is 1.33. The molecule has 36 heavy (non-hydrogen) atoms. The lowest BCUT2D eigenvalue weighted by molar-refractivity contribution is -0.116. The summed E-state index contributed by atoms with van der Waals surface area (Å²) in [5.41, 5.74) is 3.73. The van der Waals surface area contributed by atoms with E-state index in [2.05, 4.69) is 20.5 Å². The van der Waals surface area contributed by atoms with Crippen LogP contribution in [0.4, 0.5) is 5.13 Å². The number of benzene rings is 2. The van der Waals surface area contributed by atoms with Crippen molar-refractivity contribution in [3.8, 4) is 11.1 Å². The van der Waals surface area contributed by atoms with Crippen molar-refractivity contribution < 1.29 is 19.1 Å². The van der Waals surface area contributed by atoms with Gasteiger partial charge in [0, 0.05) is 55.4 Å². The molecule has 2 aromatic carbocycles. The molecule has 9 nitrogen and oxygen atoms in total. The Balaban J connectivity index is 1.21. The first-order valence-electron chi connectivity index (χ1n) is 11.9. The van der Waals surface area contributed by atoms with E-state index in [9.17, 15) is 14.4 Å². The molecule has 3 heterocycles. The fourth-order valence-corrected chi connectivity index (χ4v) is 4.93. The molecule has 3 aromatic rings. The summed E-state index contributed by atoms with van der Waals surface area (Å²) in [5.74, 6) is -0.587. The van der Waals surface area contributed by atoms with E-state index >= 15 is 0 Å². The lowest BCUT2D eigenvalue weighted by Crippen LogP contribution is -2.41. The number of nitrogens with one attached hydrogen (secondary N) is 2. The van der Waals surface area contributed by atoms with Crippen LogP contribution in [0.15, 0.2) is 54.0 Å². The van der Waals surface area contributed by atoms with Crippen molar-refractivity contribution in [3.63, 3.8) is 0 Å². The molecule has 5 rings (SSSR count). The number of carbonyl (C=O) groups is 3. The Bertz CT molecular complexity index is 1260. The quantitative estimate of drug-likeness (QED) is 0.488. The molecule has 186 valence electrons. The number of fused-ring (bicyclic) bond motifs is 1. The largest absolute Gasteiger partial charge is 0.379 e. The third-order valence-corrected chi connectivity index (χ3v) is 6.97. The molecule has 0 aliphatic carbocycles. The molecule has 1 saturated heterocycles. The molecule has 2 N–H and O–H groups in total. The zero-order valence-electron chi connectivity index (χ0n) is 19.7. The Morgan fingerprint density at radius 3 is 2.72 bits per heavy atom. The van der Waals surface area contributed by atoms with Crippen molar-refractivity contribution in [3.05, 3.63) is 70.7 Å². The van der Waals surface area contributed by atoms with Gasteiger partial charge in [0.15, 0.2) is 5.13 Å². The molecule has 1 fully saturated rings. The molecule has 0 atom stereocenters. The van der Waals surface area contributed by atoms with Gasteiger partial charge in [0.1, 0.15) is 6.54 Å². The topological polar surface area (TPSA) is 104 Å². The normalized spacial score (nSPS) is 15.6. The van der Waals surface area contributed by atoms with E-state index in [0.717, 1.165) is 49.5 Å². The second kappa shape index (κ2) is 11.0. The molecular formula is C26H27N5O4S. The maximum atomic E-state index is 13.0. The third kappa shape index (κ3) is 5.62. The van der Waals surface area contributed by atoms with Gasteiger partial charge in [-0.3, -0.25) is 19.3 Å². The number of ether oxygens (including phenoxy) is 1. The monoisotopic (exact) mass is 505 g/mol. The molecule has 2 aliphatic rings. The molecule has 0 saturated carbocycles. The fourth-order valence-electron chi connectivity index (χ4n) is 4.38. The van der Waals surface area contributed by atoms with Gasteiger partial charge in [-0.25, -0.2) is 4.98 Å². The molecule has 2 aliphatic heterocycles. The molecule has 1 aromatic heterocycles. The van der Waals surface area contributed by atoms with Gasteiger partial charge in [-0.15, -0.1) is 11.3 Å². The number of carbonyl (C=O) groups excluding carboxylic acids is 3. The van der Waals surface area contributed by atoms with Gasteiger partial charge in [0.05, 0.1) is 13.2 Å². The Kier molecular flexibility index (Phi) is 7.36. The van der Waals surface area contributed by atoms with E-state index in [1.165, 1.54) is 16.2 Å². The Labute approximate surface area is 213 Å². The van der Waals surface area contributed by atoms with Crippen molar-refractivity contribution in [2.75, 3.05) is 51.3 Å². The van der Waals surface area contributed by atoms with Crippen LogP contribution in [0, 0.1) is 0 Å². The maximum absolute atomic E-state index is 13.0. The van der Waals surface area contributed by atoms with Gasteiger partial charge in [-0.2, -0.15) is 0 Å². The standard InChI is InChI=1S/C26H27N5O4S/c32-23(29-26-28-7-13-36-26)17-31-16-21-5-4-19(15-22(21)25(31)34)18-2-1-3-20(14-18)24(33)27-6-8-30-9-11-35-12-10-30/h1-5,7,13-15H,6,8-12,16-17H2,(H,27,33)(H,28,29,32). The average molecular weight is 506 g/mol. The Morgan fingerprint density at radius 1 is 1.08 bits per heavy atom. The molecule has 0 spiro atoms.